The molecule has 0 bridgehead atoms. The molecule has 15 heavy (non-hydrogen) atoms. The summed E-state index contributed by atoms with van der Waals surface area (Å²) in [6, 6.07) is 5.90. The number of ketones is 1. The lowest BCUT2D eigenvalue weighted by Crippen LogP contribution is -2.23. The number of carbonyl (C=O) groups is 2. The van der Waals surface area contributed by atoms with Gasteiger partial charge in [0.1, 0.15) is 0 Å². The molecule has 1 aromatic carbocycles. The van der Waals surface area contributed by atoms with Crippen molar-refractivity contribution in [3.05, 3.63) is 35.4 Å². The van der Waals surface area contributed by atoms with Crippen LogP contribution < -0.4 is 5.32 Å². The van der Waals surface area contributed by atoms with Crippen molar-refractivity contribution in [2.24, 2.45) is 0 Å². The number of Topliss-reactive ketones (excluding diaryl/α,β-unsaturated/α-hetero) is 1. The Kier molecular flexibility index (Phi) is 3.57. The van der Waals surface area contributed by atoms with Crippen LogP contribution in [0.2, 0.25) is 0 Å². The Morgan fingerprint density at radius 3 is 2.13 bits per heavy atom. The van der Waals surface area contributed by atoms with E-state index in [9.17, 15) is 9.59 Å². The van der Waals surface area contributed by atoms with Crippen molar-refractivity contribution in [1.82, 2.24) is 5.32 Å². The van der Waals surface area contributed by atoms with Crippen LogP contribution in [0.5, 0.6) is 0 Å². The largest absolute Gasteiger partial charge is 0.478 e. The lowest BCUT2D eigenvalue weighted by Gasteiger charge is -2.12. The van der Waals surface area contributed by atoms with Crippen LogP contribution in [0.15, 0.2) is 24.3 Å². The lowest BCUT2D eigenvalue weighted by atomic mass is 10.0. The van der Waals surface area contributed by atoms with E-state index in [-0.39, 0.29) is 17.4 Å². The smallest absolute Gasteiger partial charge is 0.335 e. The van der Waals surface area contributed by atoms with Crippen LogP contribution in [-0.2, 0) is 4.79 Å². The first-order valence-electron chi connectivity index (χ1n) is 4.57. The summed E-state index contributed by atoms with van der Waals surface area (Å²) < 4.78 is 0. The minimum Gasteiger partial charge on any atom is -0.478 e. The molecule has 0 spiro atoms. The molecule has 0 radical (unpaired) electrons. The average Bonchev–Trinajstić information content (AvgIpc) is 2.19. The molecule has 4 nitrogen and oxygen atoms in total. The lowest BCUT2D eigenvalue weighted by molar-refractivity contribution is -0.119. The van der Waals surface area contributed by atoms with Gasteiger partial charge in [-0.15, -0.1) is 0 Å². The highest BCUT2D eigenvalue weighted by Gasteiger charge is 2.14. The highest BCUT2D eigenvalue weighted by molar-refractivity contribution is 5.88. The van der Waals surface area contributed by atoms with Crippen LogP contribution in [0.25, 0.3) is 0 Å². The monoisotopic (exact) mass is 207 g/mol. The molecule has 1 unspecified atom stereocenters. The number of hydrogen-bond donors (Lipinski definition) is 2. The minimum absolute atomic E-state index is 0.000532. The molecule has 1 atom stereocenters. The number of nitrogens with one attached hydrogen (secondary N) is 1. The summed E-state index contributed by atoms with van der Waals surface area (Å²) in [6.07, 6.45) is 0. The molecule has 4 heteroatoms. The third kappa shape index (κ3) is 2.63. The van der Waals surface area contributed by atoms with Crippen molar-refractivity contribution >= 4 is 11.8 Å². The summed E-state index contributed by atoms with van der Waals surface area (Å²) in [5.74, 6) is -0.967. The van der Waals surface area contributed by atoms with E-state index in [0.29, 0.717) is 0 Å². The summed E-state index contributed by atoms with van der Waals surface area (Å²) >= 11 is 0. The molecule has 0 aliphatic heterocycles. The topological polar surface area (TPSA) is 66.4 Å². The normalized spacial score (nSPS) is 12.1. The molecule has 0 aliphatic carbocycles. The number of likely N-dealkylation sites (N-methyl/N-ethyl adjacent to an activating group) is 1. The fourth-order valence-electron chi connectivity index (χ4n) is 1.42. The molecule has 1 aromatic rings. The van der Waals surface area contributed by atoms with Gasteiger partial charge in [0.15, 0.2) is 5.78 Å². The molecule has 0 heterocycles. The van der Waals surface area contributed by atoms with E-state index in [2.05, 4.69) is 5.32 Å². The predicted molar refractivity (Wildman–Crippen MR) is 55.9 cm³/mol. The van der Waals surface area contributed by atoms with Gasteiger partial charge in [-0.1, -0.05) is 12.1 Å². The van der Waals surface area contributed by atoms with Gasteiger partial charge >= 0.3 is 5.97 Å². The zero-order valence-electron chi connectivity index (χ0n) is 8.65. The fourth-order valence-corrected chi connectivity index (χ4v) is 1.42. The van der Waals surface area contributed by atoms with Gasteiger partial charge in [0.25, 0.3) is 0 Å². The summed E-state index contributed by atoms with van der Waals surface area (Å²) in [4.78, 5) is 21.8. The summed E-state index contributed by atoms with van der Waals surface area (Å²) in [5, 5.41) is 11.6. The van der Waals surface area contributed by atoms with Gasteiger partial charge < -0.3 is 10.4 Å². The molecule has 1 rings (SSSR count). The van der Waals surface area contributed by atoms with Crippen LogP contribution in [0.1, 0.15) is 28.9 Å². The molecule has 0 aliphatic rings. The van der Waals surface area contributed by atoms with Crippen molar-refractivity contribution in [3.63, 3.8) is 0 Å². The molecule has 0 saturated heterocycles. The molecular weight excluding hydrogens is 194 g/mol. The van der Waals surface area contributed by atoms with E-state index in [4.69, 9.17) is 5.11 Å². The van der Waals surface area contributed by atoms with Gasteiger partial charge in [-0.05, 0) is 31.7 Å². The van der Waals surface area contributed by atoms with Gasteiger partial charge in [0, 0.05) is 0 Å². The van der Waals surface area contributed by atoms with Crippen LogP contribution in [0.4, 0.5) is 0 Å². The molecule has 0 aromatic heterocycles. The maximum Gasteiger partial charge on any atom is 0.335 e. The van der Waals surface area contributed by atoms with Crippen molar-refractivity contribution < 1.29 is 14.7 Å². The second-order valence-electron chi connectivity index (χ2n) is 3.26. The Bertz CT molecular complexity index is 370. The van der Waals surface area contributed by atoms with Gasteiger partial charge in [0.2, 0.25) is 0 Å². The highest BCUT2D eigenvalue weighted by Crippen LogP contribution is 2.14. The SMILES string of the molecule is CNC(C(C)=O)c1ccc(C(=O)O)cc1. The second kappa shape index (κ2) is 4.70. The number of carboxylic acids is 1. The third-order valence-corrected chi connectivity index (χ3v) is 2.19. The molecular formula is C11H13NO3. The number of hydrogen-bond acceptors (Lipinski definition) is 3. The van der Waals surface area contributed by atoms with E-state index in [0.717, 1.165) is 5.56 Å². The zero-order chi connectivity index (χ0) is 11.4. The van der Waals surface area contributed by atoms with Crippen molar-refractivity contribution in [2.75, 3.05) is 7.05 Å². The standard InChI is InChI=1S/C11H13NO3/c1-7(13)10(12-2)8-3-5-9(6-4-8)11(14)15/h3-6,10,12H,1-2H3,(H,14,15). The maximum absolute atomic E-state index is 11.2. The summed E-state index contributed by atoms with van der Waals surface area (Å²) in [5.41, 5.74) is 0.993. The molecule has 2 N–H and O–H groups in total. The highest BCUT2D eigenvalue weighted by atomic mass is 16.4. The second-order valence-corrected chi connectivity index (χ2v) is 3.26. The fraction of sp³-hybridized carbons (Fsp3) is 0.273. The number of carboxylic acid groups (broad SMARTS) is 1. The first kappa shape index (κ1) is 11.4. The van der Waals surface area contributed by atoms with Gasteiger partial charge in [-0.2, -0.15) is 0 Å². The average molecular weight is 207 g/mol. The Morgan fingerprint density at radius 1 is 1.27 bits per heavy atom. The van der Waals surface area contributed by atoms with E-state index >= 15 is 0 Å². The van der Waals surface area contributed by atoms with Gasteiger partial charge in [-0.25, -0.2) is 4.79 Å². The van der Waals surface area contributed by atoms with Crippen LogP contribution in [0.3, 0.4) is 0 Å². The Hall–Kier alpha value is -1.68. The van der Waals surface area contributed by atoms with Gasteiger partial charge in [0.05, 0.1) is 11.6 Å². The zero-order valence-corrected chi connectivity index (χ0v) is 8.65. The van der Waals surface area contributed by atoms with Crippen molar-refractivity contribution in [3.8, 4) is 0 Å². The summed E-state index contributed by atoms with van der Waals surface area (Å²) in [6.45, 7) is 1.49. The molecule has 0 fully saturated rings. The number of rotatable bonds is 4. The predicted octanol–water partition coefficient (Wildman–Crippen LogP) is 1.23. The van der Waals surface area contributed by atoms with E-state index < -0.39 is 5.97 Å². The van der Waals surface area contributed by atoms with Crippen molar-refractivity contribution in [2.45, 2.75) is 13.0 Å². The van der Waals surface area contributed by atoms with Crippen LogP contribution >= 0.6 is 0 Å². The maximum atomic E-state index is 11.2. The molecule has 80 valence electrons. The van der Waals surface area contributed by atoms with E-state index in [1.54, 1.807) is 19.2 Å². The molecule has 0 saturated carbocycles. The van der Waals surface area contributed by atoms with Gasteiger partial charge in [-0.3, -0.25) is 4.79 Å². The number of carbonyl (C=O) groups excluding carboxylic acids is 1. The number of benzene rings is 1. The first-order valence-corrected chi connectivity index (χ1v) is 4.57. The van der Waals surface area contributed by atoms with E-state index in [1.807, 2.05) is 0 Å². The first-order chi connectivity index (χ1) is 7.06. The van der Waals surface area contributed by atoms with Crippen LogP contribution in [0, 0.1) is 0 Å². The van der Waals surface area contributed by atoms with E-state index in [1.165, 1.54) is 19.1 Å². The molecule has 0 amide bonds. The minimum atomic E-state index is -0.967. The Morgan fingerprint density at radius 2 is 1.80 bits per heavy atom. The Balaban J connectivity index is 2.97. The quantitative estimate of drug-likeness (QED) is 0.779. The summed E-state index contributed by atoms with van der Waals surface area (Å²) in [7, 11) is 1.69. The third-order valence-electron chi connectivity index (χ3n) is 2.19. The Labute approximate surface area is 87.9 Å². The van der Waals surface area contributed by atoms with Crippen molar-refractivity contribution in [1.29, 1.82) is 0 Å². The van der Waals surface area contributed by atoms with Crippen LogP contribution in [-0.4, -0.2) is 23.9 Å². The number of aromatic carboxylic acids is 1.